The van der Waals surface area contributed by atoms with Gasteiger partial charge in [-0.25, -0.2) is 9.78 Å². The molecule has 3 nitrogen and oxygen atoms in total. The second kappa shape index (κ2) is 5.99. The monoisotopic (exact) mass is 293 g/mol. The topological polar surface area (TPSA) is 39.2 Å². The van der Waals surface area contributed by atoms with E-state index in [1.54, 1.807) is 24.3 Å². The number of halogens is 1. The van der Waals surface area contributed by atoms with Crippen LogP contribution in [0, 0.1) is 13.8 Å². The third-order valence-corrected chi connectivity index (χ3v) is 3.40. The summed E-state index contributed by atoms with van der Waals surface area (Å²) < 4.78 is 5.22. The number of carbonyl (C=O) groups is 1. The van der Waals surface area contributed by atoms with Gasteiger partial charge in [-0.1, -0.05) is 11.6 Å². The van der Waals surface area contributed by atoms with Gasteiger partial charge in [0.2, 0.25) is 0 Å². The number of aromatic nitrogens is 1. The number of ether oxygens (including phenoxy) is 1. The molecule has 0 bridgehead atoms. The summed E-state index contributed by atoms with van der Waals surface area (Å²) in [5.74, 6) is 0.0737. The number of hydrogen-bond donors (Lipinski definition) is 0. The van der Waals surface area contributed by atoms with E-state index in [1.165, 1.54) is 17.4 Å². The molecule has 1 heterocycles. The molecule has 98 valence electrons. The first-order chi connectivity index (χ1) is 9.04. The van der Waals surface area contributed by atoms with Gasteiger partial charge < -0.3 is 4.74 Å². The van der Waals surface area contributed by atoms with Crippen LogP contribution in [0.1, 0.15) is 16.3 Å². The lowest BCUT2D eigenvalue weighted by molar-refractivity contribution is -0.128. The van der Waals surface area contributed by atoms with Crippen molar-refractivity contribution in [3.05, 3.63) is 50.9 Å². The highest BCUT2D eigenvalue weighted by molar-refractivity contribution is 7.09. The molecule has 0 amide bonds. The number of nitrogens with zero attached hydrogens (tertiary/aromatic N) is 1. The van der Waals surface area contributed by atoms with Gasteiger partial charge in [0.25, 0.3) is 0 Å². The average molecular weight is 294 g/mol. The van der Waals surface area contributed by atoms with Crippen LogP contribution >= 0.6 is 22.9 Å². The van der Waals surface area contributed by atoms with Crippen molar-refractivity contribution in [1.82, 2.24) is 4.98 Å². The maximum Gasteiger partial charge on any atom is 0.336 e. The van der Waals surface area contributed by atoms with Crippen molar-refractivity contribution in [3.63, 3.8) is 0 Å². The maximum atomic E-state index is 11.7. The van der Waals surface area contributed by atoms with Crippen LogP contribution in [0.4, 0.5) is 0 Å². The SMILES string of the molecule is Cc1nc(/C=C/C(=O)Oc2ccc(Cl)cc2C)cs1. The Bertz CT molecular complexity index is 634. The van der Waals surface area contributed by atoms with Crippen molar-refractivity contribution < 1.29 is 9.53 Å². The summed E-state index contributed by atoms with van der Waals surface area (Å²) in [4.78, 5) is 15.9. The van der Waals surface area contributed by atoms with E-state index in [0.29, 0.717) is 10.8 Å². The normalized spacial score (nSPS) is 10.9. The molecule has 1 aromatic carbocycles. The van der Waals surface area contributed by atoms with Crippen LogP contribution in [-0.4, -0.2) is 11.0 Å². The molecule has 0 saturated carbocycles. The van der Waals surface area contributed by atoms with Gasteiger partial charge in [-0.15, -0.1) is 11.3 Å². The number of thiazole rings is 1. The second-order valence-electron chi connectivity index (χ2n) is 3.96. The van der Waals surface area contributed by atoms with Crippen LogP contribution in [0.2, 0.25) is 5.02 Å². The molecule has 0 N–H and O–H groups in total. The largest absolute Gasteiger partial charge is 0.423 e. The Hall–Kier alpha value is -1.65. The zero-order valence-electron chi connectivity index (χ0n) is 10.5. The van der Waals surface area contributed by atoms with Gasteiger partial charge in [-0.3, -0.25) is 0 Å². The molecule has 0 spiro atoms. The Labute approximate surface area is 120 Å². The Balaban J connectivity index is 2.03. The van der Waals surface area contributed by atoms with Crippen LogP contribution in [0.3, 0.4) is 0 Å². The Morgan fingerprint density at radius 1 is 1.42 bits per heavy atom. The van der Waals surface area contributed by atoms with E-state index in [2.05, 4.69) is 4.98 Å². The highest BCUT2D eigenvalue weighted by Crippen LogP contribution is 2.22. The summed E-state index contributed by atoms with van der Waals surface area (Å²) >= 11 is 7.37. The molecule has 0 aliphatic heterocycles. The van der Waals surface area contributed by atoms with E-state index in [-0.39, 0.29) is 0 Å². The average Bonchev–Trinajstić information content (AvgIpc) is 2.76. The minimum absolute atomic E-state index is 0.434. The van der Waals surface area contributed by atoms with E-state index in [9.17, 15) is 4.79 Å². The predicted octanol–water partition coefficient (Wildman–Crippen LogP) is 4.03. The highest BCUT2D eigenvalue weighted by atomic mass is 35.5. The van der Waals surface area contributed by atoms with E-state index in [0.717, 1.165) is 16.3 Å². The van der Waals surface area contributed by atoms with Crippen molar-refractivity contribution in [3.8, 4) is 5.75 Å². The van der Waals surface area contributed by atoms with Gasteiger partial charge in [0.1, 0.15) is 5.75 Å². The first-order valence-electron chi connectivity index (χ1n) is 5.63. The molecule has 0 saturated heterocycles. The summed E-state index contributed by atoms with van der Waals surface area (Å²) in [6.07, 6.45) is 3.00. The van der Waals surface area contributed by atoms with Gasteiger partial charge in [-0.2, -0.15) is 0 Å². The Morgan fingerprint density at radius 2 is 2.21 bits per heavy atom. The molecule has 0 aliphatic rings. The molecule has 2 rings (SSSR count). The minimum Gasteiger partial charge on any atom is -0.423 e. The smallest absolute Gasteiger partial charge is 0.336 e. The molecule has 1 aromatic heterocycles. The van der Waals surface area contributed by atoms with Gasteiger partial charge in [0, 0.05) is 16.5 Å². The lowest BCUT2D eigenvalue weighted by Gasteiger charge is -2.05. The summed E-state index contributed by atoms with van der Waals surface area (Å²) in [7, 11) is 0. The molecule has 0 fully saturated rings. The summed E-state index contributed by atoms with van der Waals surface area (Å²) in [5, 5.41) is 3.46. The lowest BCUT2D eigenvalue weighted by atomic mass is 10.2. The first kappa shape index (κ1) is 13.8. The fraction of sp³-hybridized carbons (Fsp3) is 0.143. The van der Waals surface area contributed by atoms with Crippen LogP contribution in [-0.2, 0) is 4.79 Å². The lowest BCUT2D eigenvalue weighted by Crippen LogP contribution is -2.04. The molecule has 2 aromatic rings. The standard InChI is InChI=1S/C14H12ClNO2S/c1-9-7-11(15)3-5-13(9)18-14(17)6-4-12-8-19-10(2)16-12/h3-8H,1-2H3/b6-4+. The molecule has 0 unspecified atom stereocenters. The highest BCUT2D eigenvalue weighted by Gasteiger charge is 2.05. The van der Waals surface area contributed by atoms with Crippen LogP contribution < -0.4 is 4.74 Å². The Kier molecular flexibility index (Phi) is 4.35. The van der Waals surface area contributed by atoms with Crippen molar-refractivity contribution >= 4 is 35.0 Å². The zero-order chi connectivity index (χ0) is 13.8. The van der Waals surface area contributed by atoms with E-state index < -0.39 is 5.97 Å². The van der Waals surface area contributed by atoms with Crippen LogP contribution in [0.15, 0.2) is 29.7 Å². The third kappa shape index (κ3) is 3.91. The van der Waals surface area contributed by atoms with Gasteiger partial charge >= 0.3 is 5.97 Å². The molecular weight excluding hydrogens is 282 g/mol. The van der Waals surface area contributed by atoms with Crippen molar-refractivity contribution in [1.29, 1.82) is 0 Å². The molecule has 0 atom stereocenters. The van der Waals surface area contributed by atoms with E-state index >= 15 is 0 Å². The number of aryl methyl sites for hydroxylation is 2. The number of carbonyl (C=O) groups excluding carboxylic acids is 1. The molecular formula is C14H12ClNO2S. The van der Waals surface area contributed by atoms with Crippen molar-refractivity contribution in [2.45, 2.75) is 13.8 Å². The molecule has 0 aliphatic carbocycles. The molecule has 0 radical (unpaired) electrons. The number of rotatable bonds is 3. The van der Waals surface area contributed by atoms with E-state index in [1.807, 2.05) is 19.2 Å². The van der Waals surface area contributed by atoms with Crippen LogP contribution in [0.5, 0.6) is 5.75 Å². The number of esters is 1. The van der Waals surface area contributed by atoms with Gasteiger partial charge in [0.15, 0.2) is 0 Å². The summed E-state index contributed by atoms with van der Waals surface area (Å²) in [6, 6.07) is 5.11. The molecule has 5 heteroatoms. The van der Waals surface area contributed by atoms with Crippen molar-refractivity contribution in [2.75, 3.05) is 0 Å². The Morgan fingerprint density at radius 3 is 2.84 bits per heavy atom. The second-order valence-corrected chi connectivity index (χ2v) is 5.45. The number of benzene rings is 1. The predicted molar refractivity (Wildman–Crippen MR) is 77.7 cm³/mol. The zero-order valence-corrected chi connectivity index (χ0v) is 12.1. The van der Waals surface area contributed by atoms with E-state index in [4.69, 9.17) is 16.3 Å². The number of hydrogen-bond acceptors (Lipinski definition) is 4. The quantitative estimate of drug-likeness (QED) is 0.487. The summed E-state index contributed by atoms with van der Waals surface area (Å²) in [6.45, 7) is 3.75. The fourth-order valence-corrected chi connectivity index (χ4v) is 2.29. The first-order valence-corrected chi connectivity index (χ1v) is 6.88. The fourth-order valence-electron chi connectivity index (χ4n) is 1.48. The summed E-state index contributed by atoms with van der Waals surface area (Å²) in [5.41, 5.74) is 1.58. The van der Waals surface area contributed by atoms with Gasteiger partial charge in [0.05, 0.1) is 10.7 Å². The third-order valence-electron chi connectivity index (χ3n) is 2.37. The minimum atomic E-state index is -0.434. The maximum absolute atomic E-state index is 11.7. The molecule has 19 heavy (non-hydrogen) atoms. The van der Waals surface area contributed by atoms with Crippen molar-refractivity contribution in [2.24, 2.45) is 0 Å². The van der Waals surface area contributed by atoms with Gasteiger partial charge in [-0.05, 0) is 43.7 Å². The van der Waals surface area contributed by atoms with Crippen LogP contribution in [0.25, 0.3) is 6.08 Å².